The lowest BCUT2D eigenvalue weighted by atomic mass is 9.90. The summed E-state index contributed by atoms with van der Waals surface area (Å²) in [5, 5.41) is 19.4. The van der Waals surface area contributed by atoms with E-state index in [4.69, 9.17) is 14.3 Å². The standard InChI is InChI=1S/C29H44O5Si/c1-22(33-24-14-10-9-11-15-24)27(34-35(5,6)29(2,3)4)21-19-23-18-20-26(30)25(23)16-12-7-8-13-17-28(31)32/h7,9-11,13-15,18,22,25-27,30H,12,16-17,19-21H2,1-6H3,(H,31,32)/t8?,22?,25-,26+,27+/m1/s1. The van der Waals surface area contributed by atoms with Crippen LogP contribution in [-0.4, -0.2) is 42.8 Å². The molecule has 5 nitrogen and oxygen atoms in total. The molecular weight excluding hydrogens is 456 g/mol. The molecule has 2 N–H and O–H groups in total. The van der Waals surface area contributed by atoms with Gasteiger partial charge in [0.25, 0.3) is 0 Å². The van der Waals surface area contributed by atoms with Crippen molar-refractivity contribution in [2.75, 3.05) is 0 Å². The van der Waals surface area contributed by atoms with Crippen LogP contribution in [-0.2, 0) is 9.22 Å². The van der Waals surface area contributed by atoms with E-state index in [9.17, 15) is 9.90 Å². The van der Waals surface area contributed by atoms with Crippen LogP contribution in [0.15, 0.2) is 59.9 Å². The highest BCUT2D eigenvalue weighted by atomic mass is 28.4. The summed E-state index contributed by atoms with van der Waals surface area (Å²) >= 11 is 0. The topological polar surface area (TPSA) is 76.0 Å². The Morgan fingerprint density at radius 3 is 2.54 bits per heavy atom. The van der Waals surface area contributed by atoms with Crippen LogP contribution in [0.3, 0.4) is 0 Å². The molecule has 6 heteroatoms. The zero-order valence-electron chi connectivity index (χ0n) is 22.3. The first kappa shape index (κ1) is 29.1. The van der Waals surface area contributed by atoms with Crippen LogP contribution in [0, 0.1) is 5.92 Å². The fourth-order valence-corrected chi connectivity index (χ4v) is 5.54. The maximum absolute atomic E-state index is 10.6. The van der Waals surface area contributed by atoms with Crippen molar-refractivity contribution in [2.24, 2.45) is 5.92 Å². The van der Waals surface area contributed by atoms with Crippen molar-refractivity contribution in [1.29, 1.82) is 0 Å². The molecule has 0 bridgehead atoms. The maximum atomic E-state index is 10.6. The van der Waals surface area contributed by atoms with E-state index in [0.29, 0.717) is 6.42 Å². The van der Waals surface area contributed by atoms with Gasteiger partial charge in [0.2, 0.25) is 0 Å². The quantitative estimate of drug-likeness (QED) is 0.175. The summed E-state index contributed by atoms with van der Waals surface area (Å²) in [5.74, 6) is 0.105. The number of carboxylic acid groups (broad SMARTS) is 1. The van der Waals surface area contributed by atoms with Crippen LogP contribution in [0.25, 0.3) is 0 Å². The third-order valence-electron chi connectivity index (χ3n) is 7.26. The van der Waals surface area contributed by atoms with Gasteiger partial charge in [-0.2, -0.15) is 0 Å². The first-order chi connectivity index (χ1) is 16.4. The van der Waals surface area contributed by atoms with Crippen molar-refractivity contribution in [3.8, 4) is 5.75 Å². The fraction of sp³-hybridized carbons (Fsp3) is 0.586. The van der Waals surface area contributed by atoms with Gasteiger partial charge in [0.15, 0.2) is 8.32 Å². The van der Waals surface area contributed by atoms with Crippen LogP contribution < -0.4 is 4.74 Å². The largest absolute Gasteiger partial charge is 0.488 e. The highest BCUT2D eigenvalue weighted by Crippen LogP contribution is 2.39. The predicted molar refractivity (Wildman–Crippen MR) is 144 cm³/mol. The van der Waals surface area contributed by atoms with Gasteiger partial charge in [-0.25, -0.2) is 0 Å². The Bertz CT molecular complexity index is 893. The summed E-state index contributed by atoms with van der Waals surface area (Å²) in [5.41, 5.74) is 4.22. The minimum atomic E-state index is -2.00. The number of rotatable bonds is 13. The molecule has 1 aliphatic rings. The molecule has 35 heavy (non-hydrogen) atoms. The summed E-state index contributed by atoms with van der Waals surface area (Å²) in [6.07, 6.45) is 9.02. The SMILES string of the molecule is CC(Oc1ccccc1)[C@H](CCC1=CC[C@H](O)[C@@H]1CCC=C=CCC(=O)O)O[Si](C)(C)C(C)(C)C. The van der Waals surface area contributed by atoms with Gasteiger partial charge in [-0.3, -0.25) is 4.79 Å². The highest BCUT2D eigenvalue weighted by molar-refractivity contribution is 6.74. The normalized spacial score (nSPS) is 19.9. The molecule has 0 heterocycles. The highest BCUT2D eigenvalue weighted by Gasteiger charge is 2.41. The molecule has 1 aromatic rings. The van der Waals surface area contributed by atoms with E-state index in [2.05, 4.69) is 52.6 Å². The number of benzene rings is 1. The molecule has 1 unspecified atom stereocenters. The first-order valence-electron chi connectivity index (χ1n) is 12.8. The van der Waals surface area contributed by atoms with Crippen molar-refractivity contribution in [1.82, 2.24) is 0 Å². The van der Waals surface area contributed by atoms with E-state index in [0.717, 1.165) is 31.4 Å². The molecule has 0 spiro atoms. The summed E-state index contributed by atoms with van der Waals surface area (Å²) in [7, 11) is -2.00. The fourth-order valence-electron chi connectivity index (χ4n) is 4.12. The monoisotopic (exact) mass is 500 g/mol. The number of carbonyl (C=O) groups is 1. The Labute approximate surface area is 212 Å². The minimum Gasteiger partial charge on any atom is -0.488 e. The van der Waals surface area contributed by atoms with Gasteiger partial charge in [-0.1, -0.05) is 50.6 Å². The number of aliphatic carboxylic acids is 1. The number of ether oxygens (including phenoxy) is 1. The van der Waals surface area contributed by atoms with Crippen molar-refractivity contribution in [3.05, 3.63) is 59.9 Å². The van der Waals surface area contributed by atoms with E-state index < -0.39 is 14.3 Å². The van der Waals surface area contributed by atoms with E-state index in [1.807, 2.05) is 36.4 Å². The maximum Gasteiger partial charge on any atom is 0.307 e. The number of hydrogen-bond donors (Lipinski definition) is 2. The Balaban J connectivity index is 2.06. The lowest BCUT2D eigenvalue weighted by molar-refractivity contribution is -0.136. The molecule has 0 saturated carbocycles. The zero-order valence-corrected chi connectivity index (χ0v) is 23.3. The van der Waals surface area contributed by atoms with Gasteiger partial charge >= 0.3 is 5.97 Å². The molecule has 194 valence electrons. The van der Waals surface area contributed by atoms with Gasteiger partial charge in [0.05, 0.1) is 18.6 Å². The first-order valence-corrected chi connectivity index (χ1v) is 15.7. The summed E-state index contributed by atoms with van der Waals surface area (Å²) in [4.78, 5) is 10.6. The van der Waals surface area contributed by atoms with Crippen LogP contribution in [0.4, 0.5) is 0 Å². The van der Waals surface area contributed by atoms with Gasteiger partial charge in [0.1, 0.15) is 11.9 Å². The van der Waals surface area contributed by atoms with Gasteiger partial charge in [-0.15, -0.1) is 5.73 Å². The Morgan fingerprint density at radius 2 is 1.91 bits per heavy atom. The Kier molecular flexibility index (Phi) is 11.0. The summed E-state index contributed by atoms with van der Waals surface area (Å²) in [6.45, 7) is 13.4. The lowest BCUT2D eigenvalue weighted by Crippen LogP contribution is -2.47. The molecule has 0 fully saturated rings. The van der Waals surface area contributed by atoms with Crippen LogP contribution in [0.2, 0.25) is 18.1 Å². The molecular formula is C29H44O5Si. The van der Waals surface area contributed by atoms with Crippen LogP contribution >= 0.6 is 0 Å². The second-order valence-corrected chi connectivity index (χ2v) is 15.8. The number of carboxylic acids is 1. The van der Waals surface area contributed by atoms with E-state index in [1.165, 1.54) is 11.6 Å². The van der Waals surface area contributed by atoms with E-state index in [1.54, 1.807) is 0 Å². The van der Waals surface area contributed by atoms with E-state index >= 15 is 0 Å². The summed E-state index contributed by atoms with van der Waals surface area (Å²) < 4.78 is 13.1. The molecule has 0 radical (unpaired) electrons. The minimum absolute atomic E-state index is 0.0213. The molecule has 0 saturated heterocycles. The average Bonchev–Trinajstić information content (AvgIpc) is 3.12. The molecule has 2 rings (SSSR count). The Morgan fingerprint density at radius 1 is 1.23 bits per heavy atom. The lowest BCUT2D eigenvalue weighted by Gasteiger charge is -2.41. The number of para-hydroxylation sites is 1. The van der Waals surface area contributed by atoms with Crippen LogP contribution in [0.5, 0.6) is 5.75 Å². The molecule has 0 amide bonds. The van der Waals surface area contributed by atoms with Crippen molar-refractivity contribution < 1.29 is 24.2 Å². The number of hydrogen-bond acceptors (Lipinski definition) is 4. The van der Waals surface area contributed by atoms with Crippen molar-refractivity contribution in [3.63, 3.8) is 0 Å². The molecule has 0 aliphatic heterocycles. The number of aliphatic hydroxyl groups excluding tert-OH is 1. The average molecular weight is 501 g/mol. The van der Waals surface area contributed by atoms with E-state index in [-0.39, 0.29) is 35.7 Å². The smallest absolute Gasteiger partial charge is 0.307 e. The molecule has 0 aromatic heterocycles. The van der Waals surface area contributed by atoms with Gasteiger partial charge in [0, 0.05) is 5.92 Å². The molecule has 4 atom stereocenters. The van der Waals surface area contributed by atoms with Crippen LogP contribution in [0.1, 0.15) is 66.2 Å². The van der Waals surface area contributed by atoms with Gasteiger partial charge in [-0.05, 0) is 81.4 Å². The third kappa shape index (κ3) is 9.45. The second-order valence-electron chi connectivity index (χ2n) is 11.0. The second kappa shape index (κ2) is 13.3. The predicted octanol–water partition coefficient (Wildman–Crippen LogP) is 6.90. The zero-order chi connectivity index (χ0) is 26.1. The number of aliphatic hydroxyl groups is 1. The van der Waals surface area contributed by atoms with Gasteiger partial charge < -0.3 is 19.4 Å². The third-order valence-corrected chi connectivity index (χ3v) is 11.8. The van der Waals surface area contributed by atoms with Crippen molar-refractivity contribution >= 4 is 14.3 Å². The molecule has 1 aliphatic carbocycles. The Hall–Kier alpha value is -2.11. The summed E-state index contributed by atoms with van der Waals surface area (Å²) in [6, 6.07) is 9.89. The molecule has 1 aromatic carbocycles. The van der Waals surface area contributed by atoms with Crippen molar-refractivity contribution in [2.45, 2.75) is 103 Å².